The highest BCUT2D eigenvalue weighted by atomic mass is 35.5. The fourth-order valence-electron chi connectivity index (χ4n) is 1.40. The molecule has 0 saturated heterocycles. The van der Waals surface area contributed by atoms with E-state index in [0.29, 0.717) is 5.56 Å². The van der Waals surface area contributed by atoms with Crippen molar-refractivity contribution in [1.82, 2.24) is 0 Å². The highest BCUT2D eigenvalue weighted by molar-refractivity contribution is 6.18. The Morgan fingerprint density at radius 2 is 2.07 bits per heavy atom. The maximum absolute atomic E-state index is 9.76. The van der Waals surface area contributed by atoms with E-state index in [1.165, 1.54) is 0 Å². The van der Waals surface area contributed by atoms with Gasteiger partial charge < -0.3 is 14.9 Å². The van der Waals surface area contributed by atoms with E-state index in [4.69, 9.17) is 16.3 Å². The molecule has 0 aromatic heterocycles. The Balaban J connectivity index is 2.95. The minimum atomic E-state index is -0.951. The van der Waals surface area contributed by atoms with Crippen molar-refractivity contribution in [3.8, 4) is 5.75 Å². The van der Waals surface area contributed by atoms with Crippen molar-refractivity contribution < 1.29 is 14.9 Å². The standard InChI is InChI=1S/C11H15ClO3/c1-7-5-8(15-2)3-4-9(7)11(14)10(13)6-12/h3-5,10-11,13-14H,6H2,1-2H3. The number of halogens is 1. The van der Waals surface area contributed by atoms with E-state index in [9.17, 15) is 10.2 Å². The predicted molar refractivity (Wildman–Crippen MR) is 59.4 cm³/mol. The Kier molecular flexibility index (Phi) is 4.39. The first-order valence-electron chi connectivity index (χ1n) is 4.66. The molecule has 1 aromatic carbocycles. The first-order chi connectivity index (χ1) is 7.10. The number of aliphatic hydroxyl groups is 2. The maximum Gasteiger partial charge on any atom is 0.119 e. The van der Waals surface area contributed by atoms with Crippen LogP contribution in [-0.2, 0) is 0 Å². The fourth-order valence-corrected chi connectivity index (χ4v) is 1.57. The summed E-state index contributed by atoms with van der Waals surface area (Å²) in [4.78, 5) is 0. The van der Waals surface area contributed by atoms with Crippen molar-refractivity contribution in [2.75, 3.05) is 13.0 Å². The van der Waals surface area contributed by atoms with Gasteiger partial charge in [-0.3, -0.25) is 0 Å². The predicted octanol–water partition coefficient (Wildman–Crippen LogP) is 1.64. The molecule has 0 spiro atoms. The van der Waals surface area contributed by atoms with Crippen LogP contribution in [0.2, 0.25) is 0 Å². The number of rotatable bonds is 4. The van der Waals surface area contributed by atoms with Crippen molar-refractivity contribution >= 4 is 11.6 Å². The average molecular weight is 231 g/mol. The molecule has 0 bridgehead atoms. The van der Waals surface area contributed by atoms with E-state index in [1.54, 1.807) is 25.3 Å². The highest BCUT2D eigenvalue weighted by Crippen LogP contribution is 2.24. The second-order valence-electron chi connectivity index (χ2n) is 3.39. The summed E-state index contributed by atoms with van der Waals surface area (Å²) in [6.07, 6.45) is -1.90. The van der Waals surface area contributed by atoms with Crippen LogP contribution in [0.3, 0.4) is 0 Å². The van der Waals surface area contributed by atoms with Gasteiger partial charge in [-0.2, -0.15) is 0 Å². The van der Waals surface area contributed by atoms with Crippen molar-refractivity contribution in [3.63, 3.8) is 0 Å². The van der Waals surface area contributed by atoms with E-state index in [2.05, 4.69) is 0 Å². The van der Waals surface area contributed by atoms with Crippen LogP contribution < -0.4 is 4.74 Å². The Bertz CT molecular complexity index is 328. The molecule has 0 fully saturated rings. The Hall–Kier alpha value is -0.770. The third kappa shape index (κ3) is 2.84. The topological polar surface area (TPSA) is 49.7 Å². The molecule has 4 heteroatoms. The van der Waals surface area contributed by atoms with E-state index in [-0.39, 0.29) is 5.88 Å². The van der Waals surface area contributed by atoms with Crippen LogP contribution in [0, 0.1) is 6.92 Å². The van der Waals surface area contributed by atoms with Gasteiger partial charge in [0.1, 0.15) is 11.9 Å². The van der Waals surface area contributed by atoms with Crippen LogP contribution in [0.1, 0.15) is 17.2 Å². The van der Waals surface area contributed by atoms with Crippen molar-refractivity contribution in [3.05, 3.63) is 29.3 Å². The van der Waals surface area contributed by atoms with Crippen LogP contribution in [0.4, 0.5) is 0 Å². The van der Waals surface area contributed by atoms with E-state index < -0.39 is 12.2 Å². The summed E-state index contributed by atoms with van der Waals surface area (Å²) >= 11 is 5.47. The number of hydrogen-bond acceptors (Lipinski definition) is 3. The molecule has 0 aliphatic heterocycles. The van der Waals surface area contributed by atoms with Crippen molar-refractivity contribution in [2.24, 2.45) is 0 Å². The number of methoxy groups -OCH3 is 1. The maximum atomic E-state index is 9.76. The van der Waals surface area contributed by atoms with Crippen LogP contribution in [0.25, 0.3) is 0 Å². The molecular weight excluding hydrogens is 216 g/mol. The number of ether oxygens (including phenoxy) is 1. The van der Waals surface area contributed by atoms with Crippen LogP contribution >= 0.6 is 11.6 Å². The van der Waals surface area contributed by atoms with Gasteiger partial charge in [0.2, 0.25) is 0 Å². The Morgan fingerprint density at radius 3 is 2.53 bits per heavy atom. The summed E-state index contributed by atoms with van der Waals surface area (Å²) in [5.41, 5.74) is 1.54. The van der Waals surface area contributed by atoms with Gasteiger partial charge in [-0.25, -0.2) is 0 Å². The van der Waals surface area contributed by atoms with Gasteiger partial charge in [0.05, 0.1) is 19.1 Å². The molecule has 0 amide bonds. The summed E-state index contributed by atoms with van der Waals surface area (Å²) in [5.74, 6) is 0.732. The van der Waals surface area contributed by atoms with Crippen LogP contribution in [-0.4, -0.2) is 29.3 Å². The lowest BCUT2D eigenvalue weighted by Crippen LogP contribution is -2.20. The molecule has 0 saturated carbocycles. The van der Waals surface area contributed by atoms with E-state index in [1.807, 2.05) is 6.92 Å². The smallest absolute Gasteiger partial charge is 0.119 e. The Morgan fingerprint density at radius 1 is 1.40 bits per heavy atom. The summed E-state index contributed by atoms with van der Waals surface area (Å²) < 4.78 is 5.05. The Labute approximate surface area is 94.3 Å². The van der Waals surface area contributed by atoms with Crippen molar-refractivity contribution in [1.29, 1.82) is 0 Å². The minimum Gasteiger partial charge on any atom is -0.497 e. The van der Waals surface area contributed by atoms with Gasteiger partial charge in [-0.1, -0.05) is 6.07 Å². The molecule has 15 heavy (non-hydrogen) atoms. The minimum absolute atomic E-state index is 0.00658. The van der Waals surface area contributed by atoms with Crippen molar-refractivity contribution in [2.45, 2.75) is 19.1 Å². The zero-order valence-corrected chi connectivity index (χ0v) is 9.53. The molecule has 84 valence electrons. The van der Waals surface area contributed by atoms with Gasteiger partial charge in [0.15, 0.2) is 0 Å². The average Bonchev–Trinajstić information content (AvgIpc) is 2.26. The monoisotopic (exact) mass is 230 g/mol. The number of hydrogen-bond donors (Lipinski definition) is 2. The van der Waals surface area contributed by atoms with Gasteiger partial charge in [-0.05, 0) is 30.2 Å². The molecule has 3 nitrogen and oxygen atoms in total. The quantitative estimate of drug-likeness (QED) is 0.774. The lowest BCUT2D eigenvalue weighted by atomic mass is 10.00. The number of aliphatic hydroxyl groups excluding tert-OH is 2. The van der Waals surface area contributed by atoms with Crippen LogP contribution in [0.15, 0.2) is 18.2 Å². The molecule has 2 atom stereocenters. The third-order valence-corrected chi connectivity index (χ3v) is 2.63. The highest BCUT2D eigenvalue weighted by Gasteiger charge is 2.19. The largest absolute Gasteiger partial charge is 0.497 e. The summed E-state index contributed by atoms with van der Waals surface area (Å²) in [6.45, 7) is 1.85. The molecule has 1 aromatic rings. The molecule has 2 unspecified atom stereocenters. The first-order valence-corrected chi connectivity index (χ1v) is 5.20. The number of benzene rings is 1. The zero-order chi connectivity index (χ0) is 11.4. The van der Waals surface area contributed by atoms with Gasteiger partial charge in [-0.15, -0.1) is 11.6 Å². The third-order valence-electron chi connectivity index (χ3n) is 2.32. The normalized spacial score (nSPS) is 14.7. The van der Waals surface area contributed by atoms with Gasteiger partial charge >= 0.3 is 0 Å². The second kappa shape index (κ2) is 5.35. The van der Waals surface area contributed by atoms with E-state index in [0.717, 1.165) is 11.3 Å². The summed E-state index contributed by atoms with van der Waals surface area (Å²) in [7, 11) is 1.58. The summed E-state index contributed by atoms with van der Waals surface area (Å²) in [6, 6.07) is 5.28. The molecular formula is C11H15ClO3. The number of alkyl halides is 1. The molecule has 0 heterocycles. The van der Waals surface area contributed by atoms with Gasteiger partial charge in [0, 0.05) is 0 Å². The molecule has 0 radical (unpaired) electrons. The van der Waals surface area contributed by atoms with Crippen LogP contribution in [0.5, 0.6) is 5.75 Å². The van der Waals surface area contributed by atoms with E-state index >= 15 is 0 Å². The number of aryl methyl sites for hydroxylation is 1. The fraction of sp³-hybridized carbons (Fsp3) is 0.455. The molecule has 2 N–H and O–H groups in total. The molecule has 1 rings (SSSR count). The zero-order valence-electron chi connectivity index (χ0n) is 8.77. The van der Waals surface area contributed by atoms with Gasteiger partial charge in [0.25, 0.3) is 0 Å². The first kappa shape index (κ1) is 12.3. The summed E-state index contributed by atoms with van der Waals surface area (Å²) in [5, 5.41) is 19.2. The molecule has 0 aliphatic carbocycles. The SMILES string of the molecule is COc1ccc(C(O)C(O)CCl)c(C)c1. The lowest BCUT2D eigenvalue weighted by molar-refractivity contribution is 0.0323. The second-order valence-corrected chi connectivity index (χ2v) is 3.70. The lowest BCUT2D eigenvalue weighted by Gasteiger charge is -2.18. The molecule has 0 aliphatic rings.